The van der Waals surface area contributed by atoms with Gasteiger partial charge in [0.1, 0.15) is 4.75 Å². The fraction of sp³-hybridized carbons (Fsp3) is 0.600. The summed E-state index contributed by atoms with van der Waals surface area (Å²) in [6.45, 7) is 7.52. The summed E-state index contributed by atoms with van der Waals surface area (Å²) in [5, 5.41) is 7.87. The molecule has 2 atom stereocenters. The molecule has 7 heteroatoms. The predicted octanol–water partition coefficient (Wildman–Crippen LogP) is 2.90. The van der Waals surface area contributed by atoms with Gasteiger partial charge in [-0.1, -0.05) is 23.2 Å². The Labute approximate surface area is 114 Å². The van der Waals surface area contributed by atoms with Gasteiger partial charge in [0.05, 0.1) is 6.04 Å². The van der Waals surface area contributed by atoms with E-state index in [-0.39, 0.29) is 21.1 Å². The summed E-state index contributed by atoms with van der Waals surface area (Å²) in [4.78, 5) is 0. The summed E-state index contributed by atoms with van der Waals surface area (Å²) < 4.78 is 14.6. The molecule has 0 radical (unpaired) electrons. The molecule has 0 spiro atoms. The van der Waals surface area contributed by atoms with Gasteiger partial charge in [0, 0.05) is 16.9 Å². The Morgan fingerprint density at radius 3 is 2.47 bits per heavy atom. The molecular weight excluding hydrogens is 281 g/mol. The molecule has 0 aliphatic heterocycles. The van der Waals surface area contributed by atoms with Gasteiger partial charge >= 0.3 is 0 Å². The first-order valence-corrected chi connectivity index (χ1v) is 6.99. The van der Waals surface area contributed by atoms with Crippen molar-refractivity contribution in [2.24, 2.45) is 0 Å². The summed E-state index contributed by atoms with van der Waals surface area (Å²) in [5.41, 5.74) is 0.685. The van der Waals surface area contributed by atoms with Gasteiger partial charge in [-0.3, -0.25) is 0 Å². The van der Waals surface area contributed by atoms with Crippen LogP contribution in [0.1, 0.15) is 39.3 Å². The quantitative estimate of drug-likeness (QED) is 0.871. The van der Waals surface area contributed by atoms with Gasteiger partial charge in [0.2, 0.25) is 0 Å². The third-order valence-corrected chi connectivity index (χ3v) is 4.21. The minimum atomic E-state index is -1.18. The Hall–Kier alpha value is -0.0700. The van der Waals surface area contributed by atoms with Crippen molar-refractivity contribution in [3.05, 3.63) is 21.9 Å². The van der Waals surface area contributed by atoms with Gasteiger partial charge < -0.3 is 4.55 Å². The van der Waals surface area contributed by atoms with E-state index in [4.69, 9.17) is 23.2 Å². The van der Waals surface area contributed by atoms with Crippen LogP contribution in [0.25, 0.3) is 0 Å². The van der Waals surface area contributed by atoms with Gasteiger partial charge in [0.25, 0.3) is 0 Å². The largest absolute Gasteiger partial charge is 0.598 e. The number of nitrogens with one attached hydrogen (secondary N) is 1. The zero-order chi connectivity index (χ0) is 13.2. The molecule has 4 nitrogen and oxygen atoms in total. The van der Waals surface area contributed by atoms with E-state index >= 15 is 0 Å². The van der Waals surface area contributed by atoms with E-state index in [0.29, 0.717) is 5.56 Å². The van der Waals surface area contributed by atoms with Crippen molar-refractivity contribution in [3.8, 4) is 0 Å². The van der Waals surface area contributed by atoms with E-state index < -0.39 is 11.4 Å². The van der Waals surface area contributed by atoms with Crippen LogP contribution >= 0.6 is 23.2 Å². The maximum absolute atomic E-state index is 11.9. The van der Waals surface area contributed by atoms with Gasteiger partial charge in [0.15, 0.2) is 10.3 Å². The van der Waals surface area contributed by atoms with Crippen LogP contribution in [0.3, 0.4) is 0 Å². The van der Waals surface area contributed by atoms with E-state index in [1.54, 1.807) is 6.07 Å². The van der Waals surface area contributed by atoms with E-state index in [1.165, 1.54) is 0 Å². The van der Waals surface area contributed by atoms with E-state index in [1.807, 2.05) is 27.7 Å². The first-order chi connectivity index (χ1) is 7.71. The van der Waals surface area contributed by atoms with Crippen LogP contribution < -0.4 is 4.72 Å². The maximum atomic E-state index is 11.9. The highest BCUT2D eigenvalue weighted by molar-refractivity contribution is 7.90. The van der Waals surface area contributed by atoms with Crippen molar-refractivity contribution in [1.29, 1.82) is 0 Å². The van der Waals surface area contributed by atoms with E-state index in [2.05, 4.69) is 14.9 Å². The highest BCUT2D eigenvalue weighted by Gasteiger charge is 2.29. The molecule has 0 saturated carbocycles. The Morgan fingerprint density at radius 2 is 1.94 bits per heavy atom. The highest BCUT2D eigenvalue weighted by Crippen LogP contribution is 2.25. The second-order valence-electron chi connectivity index (χ2n) is 4.63. The third kappa shape index (κ3) is 4.26. The summed E-state index contributed by atoms with van der Waals surface area (Å²) in [6, 6.07) is 1.41. The molecule has 1 N–H and O–H groups in total. The fourth-order valence-electron chi connectivity index (χ4n) is 1.07. The van der Waals surface area contributed by atoms with Crippen molar-refractivity contribution >= 4 is 34.6 Å². The van der Waals surface area contributed by atoms with Crippen LogP contribution in [0.4, 0.5) is 0 Å². The van der Waals surface area contributed by atoms with Crippen LogP contribution in [0.5, 0.6) is 0 Å². The lowest BCUT2D eigenvalue weighted by Gasteiger charge is -2.26. The Balaban J connectivity index is 2.83. The zero-order valence-electron chi connectivity index (χ0n) is 10.1. The van der Waals surface area contributed by atoms with Crippen molar-refractivity contribution in [3.63, 3.8) is 0 Å². The molecule has 0 saturated heterocycles. The molecule has 0 fully saturated rings. The van der Waals surface area contributed by atoms with E-state index in [9.17, 15) is 4.55 Å². The normalized spacial score (nSPS) is 15.7. The fourth-order valence-corrected chi connectivity index (χ4v) is 2.28. The number of hydrogen-bond donors (Lipinski definition) is 1. The first-order valence-electron chi connectivity index (χ1n) is 5.08. The van der Waals surface area contributed by atoms with E-state index in [0.717, 1.165) is 0 Å². The second kappa shape index (κ2) is 5.71. The Morgan fingerprint density at radius 1 is 1.35 bits per heavy atom. The lowest BCUT2D eigenvalue weighted by atomic mass is 10.2. The lowest BCUT2D eigenvalue weighted by molar-refractivity contribution is 0.531. The van der Waals surface area contributed by atoms with Crippen LogP contribution in [0, 0.1) is 0 Å². The Kier molecular flexibility index (Phi) is 5.04. The topological polar surface area (TPSA) is 60.9 Å². The maximum Gasteiger partial charge on any atom is 0.156 e. The van der Waals surface area contributed by atoms with Gasteiger partial charge in [-0.25, -0.2) is 0 Å². The standard InChI is InChI=1S/C10H15Cl2N3OS/c1-6(15-17(16)10(2,3)4)7-5-8(11)13-14-9(7)12/h5-6,15H,1-4H3/t6-,17+/m0/s1. The molecule has 0 aliphatic carbocycles. The van der Waals surface area contributed by atoms with Crippen LogP contribution in [0.2, 0.25) is 10.3 Å². The zero-order valence-corrected chi connectivity index (χ0v) is 12.4. The molecule has 0 aromatic carbocycles. The molecule has 17 heavy (non-hydrogen) atoms. The smallest absolute Gasteiger partial charge is 0.156 e. The SMILES string of the molecule is C[C@H](N[S@+]([O-])C(C)(C)C)c1cc(Cl)nnc1Cl. The molecule has 0 aliphatic rings. The second-order valence-corrected chi connectivity index (χ2v) is 7.38. The van der Waals surface area contributed by atoms with Gasteiger partial charge in [-0.15, -0.1) is 14.9 Å². The van der Waals surface area contributed by atoms with Crippen molar-refractivity contribution < 1.29 is 4.55 Å². The average Bonchev–Trinajstić information content (AvgIpc) is 2.20. The first kappa shape index (κ1) is 15.0. The summed E-state index contributed by atoms with van der Waals surface area (Å²) in [5.74, 6) is 0. The molecule has 1 aromatic heterocycles. The summed E-state index contributed by atoms with van der Waals surface area (Å²) >= 11 is 10.5. The predicted molar refractivity (Wildman–Crippen MR) is 71.5 cm³/mol. The minimum Gasteiger partial charge on any atom is -0.598 e. The van der Waals surface area contributed by atoms with Crippen LogP contribution in [-0.4, -0.2) is 19.5 Å². The summed E-state index contributed by atoms with van der Waals surface area (Å²) in [6.07, 6.45) is 0. The van der Waals surface area contributed by atoms with Crippen molar-refractivity contribution in [2.45, 2.75) is 38.5 Å². The molecule has 96 valence electrons. The van der Waals surface area contributed by atoms with Crippen LogP contribution in [-0.2, 0) is 11.4 Å². The molecule has 1 heterocycles. The number of hydrogen-bond acceptors (Lipinski definition) is 4. The number of halogens is 2. The number of aromatic nitrogens is 2. The average molecular weight is 296 g/mol. The molecule has 0 bridgehead atoms. The monoisotopic (exact) mass is 295 g/mol. The van der Waals surface area contributed by atoms with Crippen LogP contribution in [0.15, 0.2) is 6.07 Å². The number of rotatable bonds is 3. The highest BCUT2D eigenvalue weighted by atomic mass is 35.5. The third-order valence-electron chi connectivity index (χ3n) is 2.05. The lowest BCUT2D eigenvalue weighted by Crippen LogP contribution is -2.40. The van der Waals surface area contributed by atoms with Gasteiger partial charge in [-0.2, -0.15) is 0 Å². The van der Waals surface area contributed by atoms with Crippen molar-refractivity contribution in [1.82, 2.24) is 14.9 Å². The number of nitrogens with zero attached hydrogens (tertiary/aromatic N) is 2. The molecule has 0 amide bonds. The molecule has 0 unspecified atom stereocenters. The summed E-state index contributed by atoms with van der Waals surface area (Å²) in [7, 11) is 0. The van der Waals surface area contributed by atoms with Crippen molar-refractivity contribution in [2.75, 3.05) is 0 Å². The Bertz CT molecular complexity index is 398. The molecule has 1 aromatic rings. The molecular formula is C10H15Cl2N3OS. The minimum absolute atomic E-state index is 0.212. The van der Waals surface area contributed by atoms with Gasteiger partial charge in [-0.05, 0) is 33.8 Å². The molecule has 1 rings (SSSR count).